The average molecular weight is 338 g/mol. The molecule has 0 bridgehead atoms. The van der Waals surface area contributed by atoms with E-state index in [1.165, 1.54) is 22.8 Å². The molecule has 25 heavy (non-hydrogen) atoms. The summed E-state index contributed by atoms with van der Waals surface area (Å²) < 4.78 is 0. The Hall–Kier alpha value is -1.67. The first-order chi connectivity index (χ1) is 11.9. The van der Waals surface area contributed by atoms with Gasteiger partial charge in [0.05, 0.1) is 0 Å². The van der Waals surface area contributed by atoms with E-state index in [4.69, 9.17) is 0 Å². The van der Waals surface area contributed by atoms with Crippen molar-refractivity contribution in [3.05, 3.63) is 48.0 Å². The van der Waals surface area contributed by atoms with Crippen LogP contribution >= 0.6 is 0 Å². The van der Waals surface area contributed by atoms with Crippen molar-refractivity contribution in [3.8, 4) is 0 Å². The number of benzene rings is 2. The molecule has 3 rings (SSSR count). The lowest BCUT2D eigenvalue weighted by Gasteiger charge is -2.37. The molecule has 0 radical (unpaired) electrons. The zero-order chi connectivity index (χ0) is 18.0. The minimum absolute atomic E-state index is 0.141. The second-order valence-corrected chi connectivity index (χ2v) is 8.33. The second kappa shape index (κ2) is 7.29. The van der Waals surface area contributed by atoms with Gasteiger partial charge in [0.1, 0.15) is 5.78 Å². The van der Waals surface area contributed by atoms with Gasteiger partial charge in [-0.3, -0.25) is 4.79 Å². The minimum atomic E-state index is -0.141. The van der Waals surface area contributed by atoms with Crippen LogP contribution in [0, 0.1) is 5.92 Å². The maximum atomic E-state index is 13.0. The van der Waals surface area contributed by atoms with Crippen molar-refractivity contribution in [1.82, 2.24) is 4.90 Å². The number of carbonyl (C=O) groups excluding carboxylic acids is 1. The van der Waals surface area contributed by atoms with E-state index in [1.54, 1.807) is 0 Å². The van der Waals surface area contributed by atoms with Gasteiger partial charge in [-0.25, -0.2) is 0 Å². The summed E-state index contributed by atoms with van der Waals surface area (Å²) in [6.45, 7) is 7.60. The lowest BCUT2D eigenvalue weighted by Crippen LogP contribution is -2.43. The van der Waals surface area contributed by atoms with Gasteiger partial charge in [0.25, 0.3) is 0 Å². The van der Waals surface area contributed by atoms with Gasteiger partial charge in [-0.15, -0.1) is 0 Å². The van der Waals surface area contributed by atoms with Crippen molar-refractivity contribution in [2.75, 3.05) is 13.6 Å². The van der Waals surface area contributed by atoms with Crippen LogP contribution in [-0.4, -0.2) is 30.3 Å². The van der Waals surface area contributed by atoms with Gasteiger partial charge in [-0.05, 0) is 48.1 Å². The predicted molar refractivity (Wildman–Crippen MR) is 106 cm³/mol. The Morgan fingerprint density at radius 1 is 1.12 bits per heavy atom. The van der Waals surface area contributed by atoms with E-state index in [2.05, 4.69) is 75.2 Å². The molecule has 1 aliphatic heterocycles. The molecule has 0 saturated carbocycles. The lowest BCUT2D eigenvalue weighted by molar-refractivity contribution is -0.126. The quantitative estimate of drug-likeness (QED) is 0.747. The van der Waals surface area contributed by atoms with Gasteiger partial charge in [0.2, 0.25) is 0 Å². The smallest absolute Gasteiger partial charge is 0.138 e. The SMILES string of the molecule is CC[C@H]1CCC(C(=O)CC(C)(C)c2cccc3ccccc23)CN1C. The van der Waals surface area contributed by atoms with Crippen LogP contribution in [0.15, 0.2) is 42.5 Å². The monoisotopic (exact) mass is 337 g/mol. The number of hydrogen-bond donors (Lipinski definition) is 0. The maximum absolute atomic E-state index is 13.0. The van der Waals surface area contributed by atoms with Gasteiger partial charge in [-0.2, -0.15) is 0 Å². The van der Waals surface area contributed by atoms with Crippen molar-refractivity contribution in [2.45, 2.75) is 57.9 Å². The number of ketones is 1. The summed E-state index contributed by atoms with van der Waals surface area (Å²) in [4.78, 5) is 15.4. The Labute approximate surface area is 152 Å². The molecule has 2 atom stereocenters. The van der Waals surface area contributed by atoms with Gasteiger partial charge in [-0.1, -0.05) is 63.2 Å². The van der Waals surface area contributed by atoms with E-state index in [9.17, 15) is 4.79 Å². The topological polar surface area (TPSA) is 20.3 Å². The Balaban J connectivity index is 1.78. The van der Waals surface area contributed by atoms with Crippen LogP contribution in [0.3, 0.4) is 0 Å². The molecule has 1 unspecified atom stereocenters. The molecule has 0 aliphatic carbocycles. The normalized spacial score (nSPS) is 22.2. The van der Waals surface area contributed by atoms with Crippen molar-refractivity contribution < 1.29 is 4.79 Å². The maximum Gasteiger partial charge on any atom is 0.138 e. The summed E-state index contributed by atoms with van der Waals surface area (Å²) in [5, 5.41) is 2.53. The summed E-state index contributed by atoms with van der Waals surface area (Å²) in [5.74, 6) is 0.626. The summed E-state index contributed by atoms with van der Waals surface area (Å²) in [6.07, 6.45) is 4.00. The third-order valence-electron chi connectivity index (χ3n) is 6.04. The highest BCUT2D eigenvalue weighted by Crippen LogP contribution is 2.35. The molecule has 0 aromatic heterocycles. The average Bonchev–Trinajstić information content (AvgIpc) is 2.60. The number of hydrogen-bond acceptors (Lipinski definition) is 2. The van der Waals surface area contributed by atoms with E-state index in [0.717, 1.165) is 19.4 Å². The van der Waals surface area contributed by atoms with E-state index in [1.807, 2.05) is 0 Å². The molecule has 0 spiro atoms. The molecular formula is C23H31NO. The summed E-state index contributed by atoms with van der Waals surface area (Å²) in [6, 6.07) is 15.6. The number of carbonyl (C=O) groups is 1. The fraction of sp³-hybridized carbons (Fsp3) is 0.522. The van der Waals surface area contributed by atoms with Crippen LogP contribution in [0.5, 0.6) is 0 Å². The first-order valence-corrected chi connectivity index (χ1v) is 9.63. The minimum Gasteiger partial charge on any atom is -0.303 e. The van der Waals surface area contributed by atoms with Crippen molar-refractivity contribution in [1.29, 1.82) is 0 Å². The molecule has 2 aromatic rings. The Bertz CT molecular complexity index is 743. The summed E-state index contributed by atoms with van der Waals surface area (Å²) in [5.41, 5.74) is 1.15. The van der Waals surface area contributed by atoms with Gasteiger partial charge >= 0.3 is 0 Å². The van der Waals surface area contributed by atoms with Crippen molar-refractivity contribution in [2.24, 2.45) is 5.92 Å². The van der Waals surface area contributed by atoms with Crippen LogP contribution in [0.1, 0.15) is 52.0 Å². The second-order valence-electron chi connectivity index (χ2n) is 8.33. The van der Waals surface area contributed by atoms with E-state index >= 15 is 0 Å². The molecular weight excluding hydrogens is 306 g/mol. The molecule has 0 N–H and O–H groups in total. The molecule has 0 amide bonds. The fourth-order valence-corrected chi connectivity index (χ4v) is 4.47. The van der Waals surface area contributed by atoms with E-state index in [-0.39, 0.29) is 11.3 Å². The predicted octanol–water partition coefficient (Wildman–Crippen LogP) is 5.20. The Morgan fingerprint density at radius 3 is 2.56 bits per heavy atom. The molecule has 2 heteroatoms. The first kappa shape index (κ1) is 18.1. The third-order valence-corrected chi connectivity index (χ3v) is 6.04. The number of piperidine rings is 1. The molecule has 1 heterocycles. The Kier molecular flexibility index (Phi) is 5.29. The molecule has 2 nitrogen and oxygen atoms in total. The highest BCUT2D eigenvalue weighted by Gasteiger charge is 2.33. The van der Waals surface area contributed by atoms with Crippen LogP contribution in [-0.2, 0) is 10.2 Å². The Morgan fingerprint density at radius 2 is 1.84 bits per heavy atom. The number of Topliss-reactive ketones (excluding diaryl/α,β-unsaturated/α-hetero) is 1. The molecule has 1 aliphatic rings. The molecule has 1 fully saturated rings. The number of rotatable bonds is 5. The third kappa shape index (κ3) is 3.79. The zero-order valence-corrected chi connectivity index (χ0v) is 16.1. The number of nitrogens with zero attached hydrogens (tertiary/aromatic N) is 1. The van der Waals surface area contributed by atoms with E-state index in [0.29, 0.717) is 18.2 Å². The molecule has 2 aromatic carbocycles. The highest BCUT2D eigenvalue weighted by atomic mass is 16.1. The standard InChI is InChI=1S/C23H31NO/c1-5-19-14-13-18(16-24(19)4)22(25)15-23(2,3)21-12-8-10-17-9-6-7-11-20(17)21/h6-12,18-19H,5,13-16H2,1-4H3/t18?,19-/m0/s1. The van der Waals surface area contributed by atoms with Crippen LogP contribution < -0.4 is 0 Å². The summed E-state index contributed by atoms with van der Waals surface area (Å²) >= 11 is 0. The fourth-order valence-electron chi connectivity index (χ4n) is 4.47. The first-order valence-electron chi connectivity index (χ1n) is 9.63. The van der Waals surface area contributed by atoms with Gasteiger partial charge in [0, 0.05) is 24.9 Å². The number of likely N-dealkylation sites (tertiary alicyclic amines) is 1. The lowest BCUT2D eigenvalue weighted by atomic mass is 9.75. The largest absolute Gasteiger partial charge is 0.303 e. The van der Waals surface area contributed by atoms with Crippen LogP contribution in [0.2, 0.25) is 0 Å². The zero-order valence-electron chi connectivity index (χ0n) is 16.1. The van der Waals surface area contributed by atoms with Gasteiger partial charge in [0.15, 0.2) is 0 Å². The van der Waals surface area contributed by atoms with Gasteiger partial charge < -0.3 is 4.90 Å². The van der Waals surface area contributed by atoms with Crippen LogP contribution in [0.4, 0.5) is 0 Å². The van der Waals surface area contributed by atoms with E-state index < -0.39 is 0 Å². The van der Waals surface area contributed by atoms with Crippen LogP contribution in [0.25, 0.3) is 10.8 Å². The number of fused-ring (bicyclic) bond motifs is 1. The highest BCUT2D eigenvalue weighted by molar-refractivity contribution is 5.88. The molecule has 134 valence electrons. The van der Waals surface area contributed by atoms with Crippen molar-refractivity contribution in [3.63, 3.8) is 0 Å². The van der Waals surface area contributed by atoms with Crippen molar-refractivity contribution >= 4 is 16.6 Å². The molecule has 1 saturated heterocycles. The summed E-state index contributed by atoms with van der Waals surface area (Å²) in [7, 11) is 2.17.